The molecule has 4 aromatic carbocycles. The van der Waals surface area contributed by atoms with E-state index in [2.05, 4.69) is 34.7 Å². The van der Waals surface area contributed by atoms with Crippen molar-refractivity contribution in [3.05, 3.63) is 142 Å². The number of nitrogens with zero attached hydrogens (tertiary/aromatic N) is 10. The summed E-state index contributed by atoms with van der Waals surface area (Å²) in [5.74, 6) is 0.813. The highest BCUT2D eigenvalue weighted by Crippen LogP contribution is 2.25. The molecule has 0 aliphatic carbocycles. The van der Waals surface area contributed by atoms with Crippen LogP contribution in [0.15, 0.2) is 119 Å². The second kappa shape index (κ2) is 14.9. The smallest absolute Gasteiger partial charge is 0.362 e. The first kappa shape index (κ1) is 35.9. The molecule has 20 heteroatoms. The van der Waals surface area contributed by atoms with E-state index in [1.165, 1.54) is 33.4 Å². The quantitative estimate of drug-likeness (QED) is 0.0971. The minimum absolute atomic E-state index is 0.0184. The molecule has 56 heavy (non-hydrogen) atoms. The van der Waals surface area contributed by atoms with Gasteiger partial charge in [-0.15, -0.1) is 10.2 Å². The maximum Gasteiger partial charge on any atom is 0.446 e. The van der Waals surface area contributed by atoms with Crippen molar-refractivity contribution in [2.75, 3.05) is 0 Å². The van der Waals surface area contributed by atoms with Gasteiger partial charge in [-0.25, -0.2) is 15.2 Å². The SMILES string of the molecule is O=c1c2ccccc2nc(-c2ccc(OOO)cc2)n1Cc1cn(CCn2cc(Cn3c(-c4ccc(OS(=O)(=O)O)cc4)nc4ccccc4c3=O)nn2)nn1. The fraction of sp³-hybridized carbons (Fsp3) is 0.111. The average molecular weight is 777 g/mol. The van der Waals surface area contributed by atoms with E-state index in [0.717, 1.165) is 0 Å². The molecule has 4 heterocycles. The van der Waals surface area contributed by atoms with Gasteiger partial charge >= 0.3 is 10.4 Å². The van der Waals surface area contributed by atoms with E-state index < -0.39 is 10.4 Å². The first-order valence-electron chi connectivity index (χ1n) is 16.7. The Labute approximate surface area is 315 Å². The van der Waals surface area contributed by atoms with Gasteiger partial charge < -0.3 is 9.07 Å². The molecule has 0 amide bonds. The number of hydrogen-bond acceptors (Lipinski definition) is 14. The highest BCUT2D eigenvalue weighted by molar-refractivity contribution is 7.81. The molecule has 282 valence electrons. The number of rotatable bonds is 13. The zero-order valence-corrected chi connectivity index (χ0v) is 29.7. The molecule has 0 fully saturated rings. The topological polar surface area (TPSA) is 233 Å². The Morgan fingerprint density at radius 2 is 1.05 bits per heavy atom. The van der Waals surface area contributed by atoms with Gasteiger partial charge in [-0.05, 0) is 77.8 Å². The van der Waals surface area contributed by atoms with Gasteiger partial charge in [0.1, 0.15) is 28.8 Å². The molecule has 0 bridgehead atoms. The lowest BCUT2D eigenvalue weighted by Gasteiger charge is -2.13. The summed E-state index contributed by atoms with van der Waals surface area (Å²) in [4.78, 5) is 41.6. The molecule has 0 spiro atoms. The Morgan fingerprint density at radius 1 is 0.607 bits per heavy atom. The predicted molar refractivity (Wildman–Crippen MR) is 198 cm³/mol. The molecule has 0 aliphatic rings. The third-order valence-corrected chi connectivity index (χ3v) is 9.06. The van der Waals surface area contributed by atoms with Crippen LogP contribution in [-0.4, -0.2) is 67.3 Å². The summed E-state index contributed by atoms with van der Waals surface area (Å²) in [6, 6.07) is 26.1. The molecule has 0 unspecified atom stereocenters. The van der Waals surface area contributed by atoms with Gasteiger partial charge in [-0.2, -0.15) is 8.42 Å². The van der Waals surface area contributed by atoms with Gasteiger partial charge in [-0.3, -0.25) is 32.6 Å². The average Bonchev–Trinajstić information content (AvgIpc) is 3.85. The molecule has 4 aromatic heterocycles. The third kappa shape index (κ3) is 7.61. The number of aromatic nitrogens is 10. The van der Waals surface area contributed by atoms with Crippen molar-refractivity contribution in [3.8, 4) is 34.3 Å². The minimum Gasteiger partial charge on any atom is -0.362 e. The standard InChI is InChI=1S/C36H28N10O9S/c47-35-29-5-1-3-7-31(29)37-33(23-9-13-27(14-10-23)53-55-49)45(35)21-25-19-43(41-39-25)17-18-44-20-26(40-42-44)22-46-34(38-32-8-4-2-6-30(32)36(46)48)24-11-15-28(16-12-24)54-56(50,51)52/h1-16,19-20,49H,17-18,21-22H2,(H,50,51,52). The van der Waals surface area contributed by atoms with Crippen molar-refractivity contribution in [2.24, 2.45) is 0 Å². The molecular weight excluding hydrogens is 749 g/mol. The lowest BCUT2D eigenvalue weighted by atomic mass is 10.1. The van der Waals surface area contributed by atoms with Crippen LogP contribution < -0.4 is 20.2 Å². The van der Waals surface area contributed by atoms with Crippen molar-refractivity contribution in [1.82, 2.24) is 49.1 Å². The Balaban J connectivity index is 1.01. The zero-order valence-electron chi connectivity index (χ0n) is 28.9. The first-order valence-corrected chi connectivity index (χ1v) is 18.1. The van der Waals surface area contributed by atoms with Crippen molar-refractivity contribution < 1.29 is 32.3 Å². The van der Waals surface area contributed by atoms with Crippen LogP contribution in [0, 0.1) is 0 Å². The van der Waals surface area contributed by atoms with Crippen LogP contribution in [0.4, 0.5) is 0 Å². The molecule has 0 saturated carbocycles. The predicted octanol–water partition coefficient (Wildman–Crippen LogP) is 3.39. The zero-order chi connectivity index (χ0) is 38.8. The Bertz CT molecular complexity index is 2940. The first-order chi connectivity index (χ1) is 27.1. The van der Waals surface area contributed by atoms with Gasteiger partial charge in [-0.1, -0.05) is 34.7 Å². The monoisotopic (exact) mass is 776 g/mol. The van der Waals surface area contributed by atoms with Gasteiger partial charge in [0.05, 0.1) is 60.4 Å². The van der Waals surface area contributed by atoms with Crippen LogP contribution >= 0.6 is 0 Å². The molecule has 0 aliphatic heterocycles. The van der Waals surface area contributed by atoms with E-state index in [0.29, 0.717) is 69.1 Å². The number of hydrogen-bond donors (Lipinski definition) is 2. The van der Waals surface area contributed by atoms with Crippen molar-refractivity contribution >= 4 is 32.2 Å². The summed E-state index contributed by atoms with van der Waals surface area (Å²) in [6.45, 7) is 0.787. The largest absolute Gasteiger partial charge is 0.446 e. The van der Waals surface area contributed by atoms with Crippen LogP contribution in [-0.2, 0) is 41.6 Å². The van der Waals surface area contributed by atoms with Crippen LogP contribution in [0.2, 0.25) is 0 Å². The van der Waals surface area contributed by atoms with E-state index in [-0.39, 0.29) is 35.7 Å². The molecule has 8 rings (SSSR count). The Kier molecular flexibility index (Phi) is 9.58. The Hall–Kier alpha value is -7.13. The molecule has 0 saturated heterocycles. The van der Waals surface area contributed by atoms with Gasteiger partial charge in [0.2, 0.25) is 0 Å². The lowest BCUT2D eigenvalue weighted by Crippen LogP contribution is -2.24. The maximum absolute atomic E-state index is 13.7. The van der Waals surface area contributed by atoms with Crippen LogP contribution in [0.3, 0.4) is 0 Å². The number of aryl methyl sites for hydroxylation is 2. The second-order valence-corrected chi connectivity index (χ2v) is 13.4. The third-order valence-electron chi connectivity index (χ3n) is 8.65. The van der Waals surface area contributed by atoms with E-state index in [9.17, 15) is 18.0 Å². The summed E-state index contributed by atoms with van der Waals surface area (Å²) >= 11 is 0. The number of para-hydroxylation sites is 2. The number of fused-ring (bicyclic) bond motifs is 2. The summed E-state index contributed by atoms with van der Waals surface area (Å²) in [6.07, 6.45) is 3.42. The second-order valence-electron chi connectivity index (χ2n) is 12.4. The van der Waals surface area contributed by atoms with Crippen LogP contribution in [0.1, 0.15) is 11.4 Å². The minimum atomic E-state index is -4.72. The molecule has 19 nitrogen and oxygen atoms in total. The van der Waals surface area contributed by atoms with E-state index >= 15 is 0 Å². The molecule has 0 radical (unpaired) electrons. The number of benzene rings is 4. The summed E-state index contributed by atoms with van der Waals surface area (Å²) in [5.41, 5.74) is 2.49. The van der Waals surface area contributed by atoms with Crippen molar-refractivity contribution in [2.45, 2.75) is 26.2 Å². The summed E-state index contributed by atoms with van der Waals surface area (Å²) in [7, 11) is -4.72. The van der Waals surface area contributed by atoms with E-state index in [1.54, 1.807) is 94.6 Å². The molecule has 0 atom stereocenters. The summed E-state index contributed by atoms with van der Waals surface area (Å²) in [5, 5.41) is 30.2. The lowest BCUT2D eigenvalue weighted by molar-refractivity contribution is -0.438. The van der Waals surface area contributed by atoms with Crippen molar-refractivity contribution in [1.29, 1.82) is 0 Å². The molecule has 8 aromatic rings. The van der Waals surface area contributed by atoms with Gasteiger partial charge in [0.15, 0.2) is 5.75 Å². The summed E-state index contributed by atoms with van der Waals surface area (Å²) < 4.78 is 42.0. The highest BCUT2D eigenvalue weighted by atomic mass is 32.3. The normalized spacial score (nSPS) is 11.7. The highest BCUT2D eigenvalue weighted by Gasteiger charge is 2.18. The van der Waals surface area contributed by atoms with Crippen LogP contribution in [0.25, 0.3) is 44.6 Å². The fourth-order valence-electron chi connectivity index (χ4n) is 6.12. The van der Waals surface area contributed by atoms with Gasteiger partial charge in [0.25, 0.3) is 11.1 Å². The van der Waals surface area contributed by atoms with Crippen LogP contribution in [0.5, 0.6) is 11.5 Å². The maximum atomic E-state index is 13.7. The van der Waals surface area contributed by atoms with E-state index in [1.807, 2.05) is 0 Å². The Morgan fingerprint density at radius 3 is 1.50 bits per heavy atom. The molecular formula is C36H28N10O9S. The van der Waals surface area contributed by atoms with E-state index in [4.69, 9.17) is 19.8 Å². The van der Waals surface area contributed by atoms with Gasteiger partial charge in [0, 0.05) is 11.1 Å². The molecule has 2 N–H and O–H groups in total. The van der Waals surface area contributed by atoms with Crippen molar-refractivity contribution in [3.63, 3.8) is 0 Å². The fourth-order valence-corrected chi connectivity index (χ4v) is 6.48.